The highest BCUT2D eigenvalue weighted by molar-refractivity contribution is 9.10. The van der Waals surface area contributed by atoms with Gasteiger partial charge >= 0.3 is 0 Å². The second-order valence-electron chi connectivity index (χ2n) is 5.37. The number of aromatic nitrogens is 1. The van der Waals surface area contributed by atoms with Crippen LogP contribution in [0.25, 0.3) is 0 Å². The first-order valence-corrected chi connectivity index (χ1v) is 7.68. The Morgan fingerprint density at radius 1 is 1.39 bits per heavy atom. The standard InChI is InChI=1S/C14H20BrN3/c1-10-6-8-17-14(13(10)15)18-9-3-5-12(18)11-4-2-7-16-11/h6,8,11-12,16H,2-5,7,9H2,1H3. The molecule has 3 heterocycles. The number of aryl methyl sites for hydroxylation is 1. The van der Waals surface area contributed by atoms with Gasteiger partial charge in [0.1, 0.15) is 5.82 Å². The van der Waals surface area contributed by atoms with Crippen molar-refractivity contribution in [2.75, 3.05) is 18.0 Å². The molecule has 1 aromatic heterocycles. The molecule has 2 aliphatic rings. The second-order valence-corrected chi connectivity index (χ2v) is 6.16. The molecule has 2 fully saturated rings. The Labute approximate surface area is 117 Å². The smallest absolute Gasteiger partial charge is 0.143 e. The van der Waals surface area contributed by atoms with Crippen LogP contribution in [-0.4, -0.2) is 30.2 Å². The second kappa shape index (κ2) is 5.17. The van der Waals surface area contributed by atoms with E-state index in [1.807, 2.05) is 6.20 Å². The zero-order valence-corrected chi connectivity index (χ0v) is 12.4. The van der Waals surface area contributed by atoms with Crippen LogP contribution in [0.15, 0.2) is 16.7 Å². The minimum absolute atomic E-state index is 0.623. The number of pyridine rings is 1. The summed E-state index contributed by atoms with van der Waals surface area (Å²) in [6.45, 7) is 4.45. The fraction of sp³-hybridized carbons (Fsp3) is 0.643. The van der Waals surface area contributed by atoms with Crippen LogP contribution in [0, 0.1) is 6.92 Å². The third-order valence-electron chi connectivity index (χ3n) is 4.20. The van der Waals surface area contributed by atoms with E-state index < -0.39 is 0 Å². The van der Waals surface area contributed by atoms with Crippen molar-refractivity contribution in [2.45, 2.75) is 44.7 Å². The average molecular weight is 310 g/mol. The van der Waals surface area contributed by atoms with Crippen LogP contribution in [0.2, 0.25) is 0 Å². The molecule has 0 aromatic carbocycles. The molecule has 2 saturated heterocycles. The highest BCUT2D eigenvalue weighted by Crippen LogP contribution is 2.34. The molecule has 98 valence electrons. The van der Waals surface area contributed by atoms with Gasteiger partial charge in [-0.15, -0.1) is 0 Å². The van der Waals surface area contributed by atoms with Gasteiger partial charge < -0.3 is 10.2 Å². The normalized spacial score (nSPS) is 28.0. The summed E-state index contributed by atoms with van der Waals surface area (Å²) in [5.41, 5.74) is 1.27. The fourth-order valence-electron chi connectivity index (χ4n) is 3.24. The lowest BCUT2D eigenvalue weighted by Crippen LogP contribution is -2.44. The van der Waals surface area contributed by atoms with Gasteiger partial charge in [-0.1, -0.05) is 0 Å². The number of nitrogens with zero attached hydrogens (tertiary/aromatic N) is 2. The molecule has 4 heteroatoms. The quantitative estimate of drug-likeness (QED) is 0.910. The SMILES string of the molecule is Cc1ccnc(N2CCCC2C2CCCN2)c1Br. The summed E-state index contributed by atoms with van der Waals surface area (Å²) in [7, 11) is 0. The van der Waals surface area contributed by atoms with Gasteiger partial charge in [0, 0.05) is 24.8 Å². The first-order valence-electron chi connectivity index (χ1n) is 6.88. The summed E-state index contributed by atoms with van der Waals surface area (Å²) in [5, 5.41) is 3.65. The molecule has 0 radical (unpaired) electrons. The van der Waals surface area contributed by atoms with Gasteiger partial charge in [-0.3, -0.25) is 0 Å². The third-order valence-corrected chi connectivity index (χ3v) is 5.18. The maximum atomic E-state index is 4.59. The summed E-state index contributed by atoms with van der Waals surface area (Å²) >= 11 is 3.70. The molecule has 1 N–H and O–H groups in total. The molecule has 2 unspecified atom stereocenters. The number of nitrogens with one attached hydrogen (secondary N) is 1. The molecular formula is C14H20BrN3. The van der Waals surface area contributed by atoms with E-state index >= 15 is 0 Å². The van der Waals surface area contributed by atoms with Crippen LogP contribution >= 0.6 is 15.9 Å². The molecule has 2 atom stereocenters. The summed E-state index contributed by atoms with van der Waals surface area (Å²) in [5.74, 6) is 1.13. The molecule has 3 rings (SSSR count). The lowest BCUT2D eigenvalue weighted by atomic mass is 10.0. The van der Waals surface area contributed by atoms with Crippen molar-refractivity contribution in [3.05, 3.63) is 22.3 Å². The summed E-state index contributed by atoms with van der Waals surface area (Å²) < 4.78 is 1.16. The van der Waals surface area contributed by atoms with Crippen LogP contribution in [-0.2, 0) is 0 Å². The Balaban J connectivity index is 1.87. The molecule has 0 amide bonds. The Bertz CT molecular complexity index is 429. The van der Waals surface area contributed by atoms with E-state index in [-0.39, 0.29) is 0 Å². The van der Waals surface area contributed by atoms with Gasteiger partial charge in [0.25, 0.3) is 0 Å². The van der Waals surface area contributed by atoms with Crippen molar-refractivity contribution in [2.24, 2.45) is 0 Å². The van der Waals surface area contributed by atoms with Crippen molar-refractivity contribution >= 4 is 21.7 Å². The van der Waals surface area contributed by atoms with E-state index in [0.717, 1.165) is 16.8 Å². The molecule has 0 saturated carbocycles. The number of rotatable bonds is 2. The van der Waals surface area contributed by atoms with Gasteiger partial charge in [-0.25, -0.2) is 4.98 Å². The fourth-order valence-corrected chi connectivity index (χ4v) is 3.70. The largest absolute Gasteiger partial charge is 0.351 e. The summed E-state index contributed by atoms with van der Waals surface area (Å²) in [6, 6.07) is 3.34. The molecule has 1 aromatic rings. The van der Waals surface area contributed by atoms with E-state index in [9.17, 15) is 0 Å². The molecule has 0 aliphatic carbocycles. The van der Waals surface area contributed by atoms with Crippen molar-refractivity contribution in [3.63, 3.8) is 0 Å². The Hall–Kier alpha value is -0.610. The highest BCUT2D eigenvalue weighted by Gasteiger charge is 2.34. The molecular weight excluding hydrogens is 290 g/mol. The van der Waals surface area contributed by atoms with E-state index in [1.54, 1.807) is 0 Å². The molecule has 2 aliphatic heterocycles. The van der Waals surface area contributed by atoms with Crippen LogP contribution in [0.5, 0.6) is 0 Å². The zero-order chi connectivity index (χ0) is 12.5. The summed E-state index contributed by atoms with van der Waals surface area (Å²) in [4.78, 5) is 7.09. The number of hydrogen-bond donors (Lipinski definition) is 1. The predicted octanol–water partition coefficient (Wildman–Crippen LogP) is 2.87. The number of anilines is 1. The Kier molecular flexibility index (Phi) is 3.57. The van der Waals surface area contributed by atoms with Gasteiger partial charge in [0.05, 0.1) is 4.47 Å². The zero-order valence-electron chi connectivity index (χ0n) is 10.8. The van der Waals surface area contributed by atoms with Gasteiger partial charge in [0.2, 0.25) is 0 Å². The van der Waals surface area contributed by atoms with Crippen LogP contribution in [0.1, 0.15) is 31.2 Å². The van der Waals surface area contributed by atoms with E-state index in [2.05, 4.69) is 44.1 Å². The summed E-state index contributed by atoms with van der Waals surface area (Å²) in [6.07, 6.45) is 7.12. The van der Waals surface area contributed by atoms with E-state index in [1.165, 1.54) is 37.8 Å². The van der Waals surface area contributed by atoms with Crippen molar-refractivity contribution in [1.82, 2.24) is 10.3 Å². The number of hydrogen-bond acceptors (Lipinski definition) is 3. The monoisotopic (exact) mass is 309 g/mol. The lowest BCUT2D eigenvalue weighted by Gasteiger charge is -2.31. The average Bonchev–Trinajstić information content (AvgIpc) is 3.01. The molecule has 3 nitrogen and oxygen atoms in total. The van der Waals surface area contributed by atoms with Gasteiger partial charge in [0.15, 0.2) is 0 Å². The first-order chi connectivity index (χ1) is 8.77. The van der Waals surface area contributed by atoms with Crippen LogP contribution < -0.4 is 10.2 Å². The first kappa shape index (κ1) is 12.4. The maximum absolute atomic E-state index is 4.59. The van der Waals surface area contributed by atoms with Crippen molar-refractivity contribution < 1.29 is 0 Å². The Morgan fingerprint density at radius 3 is 3.06 bits per heavy atom. The van der Waals surface area contributed by atoms with Crippen molar-refractivity contribution in [3.8, 4) is 0 Å². The minimum Gasteiger partial charge on any atom is -0.351 e. The molecule has 0 spiro atoms. The van der Waals surface area contributed by atoms with Crippen LogP contribution in [0.4, 0.5) is 5.82 Å². The Morgan fingerprint density at radius 2 is 2.28 bits per heavy atom. The van der Waals surface area contributed by atoms with Crippen LogP contribution in [0.3, 0.4) is 0 Å². The topological polar surface area (TPSA) is 28.2 Å². The third kappa shape index (κ3) is 2.16. The predicted molar refractivity (Wildman–Crippen MR) is 78.1 cm³/mol. The molecule has 18 heavy (non-hydrogen) atoms. The van der Waals surface area contributed by atoms with E-state index in [0.29, 0.717) is 12.1 Å². The van der Waals surface area contributed by atoms with Crippen molar-refractivity contribution in [1.29, 1.82) is 0 Å². The molecule has 0 bridgehead atoms. The van der Waals surface area contributed by atoms with Gasteiger partial charge in [-0.2, -0.15) is 0 Å². The number of halogens is 1. The maximum Gasteiger partial charge on any atom is 0.143 e. The van der Waals surface area contributed by atoms with E-state index in [4.69, 9.17) is 0 Å². The minimum atomic E-state index is 0.623. The lowest BCUT2D eigenvalue weighted by molar-refractivity contribution is 0.480. The highest BCUT2D eigenvalue weighted by atomic mass is 79.9. The van der Waals surface area contributed by atoms with Gasteiger partial charge in [-0.05, 0) is 66.7 Å².